The van der Waals surface area contributed by atoms with Crippen molar-refractivity contribution in [3.63, 3.8) is 0 Å². The molecule has 5 rings (SSSR count). The van der Waals surface area contributed by atoms with Gasteiger partial charge in [0, 0.05) is 42.0 Å². The lowest BCUT2D eigenvalue weighted by molar-refractivity contribution is 0.0987. The van der Waals surface area contributed by atoms with E-state index in [2.05, 4.69) is 19.6 Å². The van der Waals surface area contributed by atoms with Crippen molar-refractivity contribution in [2.45, 2.75) is 38.9 Å². The zero-order valence-electron chi connectivity index (χ0n) is 22.7. The summed E-state index contributed by atoms with van der Waals surface area (Å²) in [4.78, 5) is 20.1. The highest BCUT2D eigenvalue weighted by atomic mass is 32.2. The largest absolute Gasteiger partial charge is 0.377 e. The number of morpholine rings is 1. The molecule has 1 saturated heterocycles. The first kappa shape index (κ1) is 28.7. The van der Waals surface area contributed by atoms with Crippen LogP contribution in [0.15, 0.2) is 42.7 Å². The summed E-state index contributed by atoms with van der Waals surface area (Å²) in [6, 6.07) is 8.32. The highest BCUT2D eigenvalue weighted by Crippen LogP contribution is 2.37. The number of aromatic nitrogens is 4. The van der Waals surface area contributed by atoms with Crippen LogP contribution < -0.4 is 15.4 Å². The molecule has 0 spiro atoms. The normalized spacial score (nSPS) is 16.4. The van der Waals surface area contributed by atoms with Crippen molar-refractivity contribution in [2.24, 2.45) is 0 Å². The van der Waals surface area contributed by atoms with Crippen LogP contribution in [0.1, 0.15) is 37.6 Å². The number of anilines is 2. The Kier molecular flexibility index (Phi) is 8.66. The lowest BCUT2D eigenvalue weighted by Crippen LogP contribution is -2.44. The average Bonchev–Trinajstić information content (AvgIpc) is 2.96. The van der Waals surface area contributed by atoms with E-state index in [0.29, 0.717) is 54.5 Å². The van der Waals surface area contributed by atoms with E-state index in [1.165, 1.54) is 6.07 Å². The Labute approximate surface area is 238 Å². The number of fused-ring (bicyclic) bond motifs is 1. The van der Waals surface area contributed by atoms with Crippen molar-refractivity contribution < 1.29 is 21.9 Å². The van der Waals surface area contributed by atoms with Crippen molar-refractivity contribution in [3.8, 4) is 22.5 Å². The Morgan fingerprint density at radius 1 is 1.20 bits per heavy atom. The van der Waals surface area contributed by atoms with Gasteiger partial charge in [0.25, 0.3) is 0 Å². The molecule has 41 heavy (non-hydrogen) atoms. The van der Waals surface area contributed by atoms with Gasteiger partial charge in [-0.3, -0.25) is 0 Å². The quantitative estimate of drug-likeness (QED) is 0.252. The number of alkyl halides is 1. The Balaban J connectivity index is 1.66. The first-order valence-corrected chi connectivity index (χ1v) is 14.5. The van der Waals surface area contributed by atoms with E-state index in [4.69, 9.17) is 20.4 Å². The van der Waals surface area contributed by atoms with E-state index in [0.717, 1.165) is 10.9 Å². The van der Waals surface area contributed by atoms with Crippen molar-refractivity contribution in [1.82, 2.24) is 24.7 Å². The summed E-state index contributed by atoms with van der Waals surface area (Å²) in [6.45, 7) is 5.57. The second-order valence-corrected chi connectivity index (χ2v) is 10.7. The number of nitrogens with two attached hydrogens (primary N) is 1. The maximum Gasteiger partial charge on any atom is 0.219 e. The first-order chi connectivity index (χ1) is 19.8. The molecule has 10 nitrogen and oxygen atoms in total. The fourth-order valence-electron chi connectivity index (χ4n) is 5.01. The van der Waals surface area contributed by atoms with Gasteiger partial charge in [0.2, 0.25) is 16.8 Å². The zero-order valence-corrected chi connectivity index (χ0v) is 23.6. The molecule has 216 valence electrons. The summed E-state index contributed by atoms with van der Waals surface area (Å²) in [5.41, 5.74) is 8.55. The molecular formula is C28H31F2N7O3S. The highest BCUT2D eigenvalue weighted by molar-refractivity contribution is 7.70. The van der Waals surface area contributed by atoms with Gasteiger partial charge < -0.3 is 15.4 Å². The third kappa shape index (κ3) is 6.11. The predicted molar refractivity (Wildman–Crippen MR) is 154 cm³/mol. The van der Waals surface area contributed by atoms with E-state index in [1.54, 1.807) is 24.5 Å². The van der Waals surface area contributed by atoms with Crippen molar-refractivity contribution in [3.05, 3.63) is 59.7 Å². The lowest BCUT2D eigenvalue weighted by Gasteiger charge is -2.35. The Bertz CT molecular complexity index is 1630. The summed E-state index contributed by atoms with van der Waals surface area (Å²) in [5, 5.41) is 0.735. The van der Waals surface area contributed by atoms with Gasteiger partial charge in [-0.05, 0) is 43.0 Å². The maximum absolute atomic E-state index is 15.8. The van der Waals surface area contributed by atoms with Gasteiger partial charge in [0.1, 0.15) is 17.8 Å². The van der Waals surface area contributed by atoms with Crippen molar-refractivity contribution >= 4 is 33.6 Å². The Morgan fingerprint density at radius 3 is 2.68 bits per heavy atom. The SMILES string of the molecule is CCc1cc(-c2cccc(C(F)CCN[SH](=O)=O)c2F)cc2c(N3CCOCC3C)nc(-c3cnc(N)nc3)nc12. The summed E-state index contributed by atoms with van der Waals surface area (Å²) in [6.07, 6.45) is 1.89. The molecule has 2 atom stereocenters. The standard InChI is InChI=1S/C28H31F2N7O3S/c1-3-17-11-18(20-5-4-6-21(24(20)30)23(29)7-8-34-41(38)39)12-22-25(17)35-26(19-13-32-28(31)33-14-19)36-27(22)37-9-10-40-15-16(37)2/h4-6,11-14,16,23,41H,3,7-10,15H2,1-2H3,(H2,31,32,33)(H,34,38,39). The van der Waals surface area contributed by atoms with E-state index in [1.807, 2.05) is 26.0 Å². The molecule has 2 aromatic carbocycles. The Morgan fingerprint density at radius 2 is 1.98 bits per heavy atom. The van der Waals surface area contributed by atoms with Gasteiger partial charge in [-0.15, -0.1) is 0 Å². The molecule has 4 aromatic rings. The second-order valence-electron chi connectivity index (χ2n) is 9.83. The van der Waals surface area contributed by atoms with Gasteiger partial charge in [-0.1, -0.05) is 25.1 Å². The topological polar surface area (TPSA) is 136 Å². The number of hydrogen-bond donors (Lipinski definition) is 3. The molecule has 1 aliphatic heterocycles. The molecule has 3 heterocycles. The number of nitrogens with one attached hydrogen (secondary N) is 1. The molecular weight excluding hydrogens is 552 g/mol. The molecule has 2 aromatic heterocycles. The van der Waals surface area contributed by atoms with Crippen LogP contribution in [0.25, 0.3) is 33.4 Å². The van der Waals surface area contributed by atoms with Crippen LogP contribution >= 0.6 is 0 Å². The molecule has 0 radical (unpaired) electrons. The molecule has 2 unspecified atom stereocenters. The second kappa shape index (κ2) is 12.4. The third-order valence-electron chi connectivity index (χ3n) is 7.13. The molecule has 0 aliphatic carbocycles. The van der Waals surface area contributed by atoms with Gasteiger partial charge in [-0.2, -0.15) is 0 Å². The number of thiol groups is 1. The van der Waals surface area contributed by atoms with Crippen LogP contribution in [0.3, 0.4) is 0 Å². The van der Waals surface area contributed by atoms with Crippen LogP contribution in [-0.4, -0.2) is 60.7 Å². The van der Waals surface area contributed by atoms with Gasteiger partial charge in [0.05, 0.1) is 30.3 Å². The predicted octanol–water partition coefficient (Wildman–Crippen LogP) is 3.78. The number of ether oxygens (including phenoxy) is 1. The third-order valence-corrected chi connectivity index (χ3v) is 7.61. The minimum absolute atomic E-state index is 0.0244. The molecule has 3 N–H and O–H groups in total. The number of rotatable bonds is 9. The number of nitrogen functional groups attached to an aromatic ring is 1. The van der Waals surface area contributed by atoms with Crippen LogP contribution in [0.2, 0.25) is 0 Å². The Hall–Kier alpha value is -3.81. The summed E-state index contributed by atoms with van der Waals surface area (Å²) >= 11 is 0. The first-order valence-electron chi connectivity index (χ1n) is 13.3. The average molecular weight is 584 g/mol. The van der Waals surface area contributed by atoms with Gasteiger partial charge in [0.15, 0.2) is 5.82 Å². The van der Waals surface area contributed by atoms with E-state index >= 15 is 4.39 Å². The fraction of sp³-hybridized carbons (Fsp3) is 0.357. The molecule has 1 aliphatic rings. The van der Waals surface area contributed by atoms with Crippen molar-refractivity contribution in [2.75, 3.05) is 36.9 Å². The molecule has 13 heteroatoms. The summed E-state index contributed by atoms with van der Waals surface area (Å²) < 4.78 is 60.1. The zero-order chi connectivity index (χ0) is 29.1. The lowest BCUT2D eigenvalue weighted by atomic mass is 9.95. The smallest absolute Gasteiger partial charge is 0.219 e. The number of hydrogen-bond acceptors (Lipinski definition) is 9. The van der Waals surface area contributed by atoms with E-state index < -0.39 is 22.9 Å². The van der Waals surface area contributed by atoms with Gasteiger partial charge >= 0.3 is 0 Å². The van der Waals surface area contributed by atoms with Crippen molar-refractivity contribution in [1.29, 1.82) is 0 Å². The number of aryl methyl sites for hydroxylation is 1. The van der Waals surface area contributed by atoms with Crippen LogP contribution in [0.4, 0.5) is 20.5 Å². The molecule has 1 fully saturated rings. The summed E-state index contributed by atoms with van der Waals surface area (Å²) in [7, 11) is -2.85. The minimum Gasteiger partial charge on any atom is -0.377 e. The summed E-state index contributed by atoms with van der Waals surface area (Å²) in [5.74, 6) is 0.570. The van der Waals surface area contributed by atoms with Crippen LogP contribution in [0, 0.1) is 5.82 Å². The van der Waals surface area contributed by atoms with E-state index in [-0.39, 0.29) is 36.1 Å². The monoisotopic (exact) mass is 583 g/mol. The minimum atomic E-state index is -2.85. The highest BCUT2D eigenvalue weighted by Gasteiger charge is 2.26. The maximum atomic E-state index is 15.8. The number of nitrogens with zero attached hydrogens (tertiary/aromatic N) is 5. The van der Waals surface area contributed by atoms with Crippen LogP contribution in [0.5, 0.6) is 0 Å². The molecule has 0 bridgehead atoms. The molecule has 0 amide bonds. The number of benzene rings is 2. The van der Waals surface area contributed by atoms with E-state index in [9.17, 15) is 12.8 Å². The van der Waals surface area contributed by atoms with Crippen LogP contribution in [-0.2, 0) is 22.0 Å². The number of halogens is 2. The molecule has 0 saturated carbocycles. The van der Waals surface area contributed by atoms with Gasteiger partial charge in [-0.25, -0.2) is 41.9 Å². The fourth-order valence-corrected chi connectivity index (χ4v) is 5.32.